The molecule has 0 amide bonds. The van der Waals surface area contributed by atoms with Gasteiger partial charge in [-0.1, -0.05) is 6.92 Å². The van der Waals surface area contributed by atoms with E-state index in [9.17, 15) is 4.79 Å². The van der Waals surface area contributed by atoms with E-state index in [0.717, 1.165) is 18.9 Å². The molecule has 0 aromatic carbocycles. The zero-order valence-electron chi connectivity index (χ0n) is 9.36. The third-order valence-corrected chi connectivity index (χ3v) is 2.89. The number of hydrogen-bond acceptors (Lipinski definition) is 3. The van der Waals surface area contributed by atoms with Crippen LogP contribution in [0, 0.1) is 5.92 Å². The molecule has 1 N–H and O–H groups in total. The summed E-state index contributed by atoms with van der Waals surface area (Å²) in [6.07, 6.45) is 0.996. The largest absolute Gasteiger partial charge is 0.370 e. The van der Waals surface area contributed by atoms with Crippen LogP contribution in [0.4, 0.5) is 0 Å². The van der Waals surface area contributed by atoms with Gasteiger partial charge in [0.25, 0.3) is 0 Å². The van der Waals surface area contributed by atoms with Gasteiger partial charge in [-0.25, -0.2) is 9.89 Å². The summed E-state index contributed by atoms with van der Waals surface area (Å²) in [7, 11) is 0. The molecule has 1 aromatic heterocycles. The highest BCUT2D eigenvalue weighted by Gasteiger charge is 2.31. The van der Waals surface area contributed by atoms with Crippen molar-refractivity contribution in [3.63, 3.8) is 0 Å². The maximum absolute atomic E-state index is 11.5. The lowest BCUT2D eigenvalue weighted by atomic mass is 10.0. The van der Waals surface area contributed by atoms with Crippen LogP contribution < -0.4 is 5.69 Å². The van der Waals surface area contributed by atoms with Crippen molar-refractivity contribution in [1.29, 1.82) is 0 Å². The van der Waals surface area contributed by atoms with Gasteiger partial charge < -0.3 is 4.74 Å². The molecule has 2 unspecified atom stereocenters. The molecule has 0 spiro atoms. The van der Waals surface area contributed by atoms with Crippen molar-refractivity contribution in [3.05, 3.63) is 16.3 Å². The second kappa shape index (κ2) is 3.81. The SMILES string of the molecule is CC1CCOC1c1n[nH]c(=O)n1C(C)C. The Balaban J connectivity index is 2.39. The fourth-order valence-corrected chi connectivity index (χ4v) is 2.04. The summed E-state index contributed by atoms with van der Waals surface area (Å²) in [5.74, 6) is 1.16. The number of H-pyrrole nitrogens is 1. The van der Waals surface area contributed by atoms with E-state index in [1.54, 1.807) is 4.57 Å². The van der Waals surface area contributed by atoms with Crippen LogP contribution in [0.15, 0.2) is 4.79 Å². The van der Waals surface area contributed by atoms with Crippen LogP contribution in [0.2, 0.25) is 0 Å². The van der Waals surface area contributed by atoms with E-state index in [0.29, 0.717) is 5.92 Å². The standard InChI is InChI=1S/C10H17N3O2/c1-6(2)13-9(11-12-10(13)14)8-7(3)4-5-15-8/h6-8H,4-5H2,1-3H3,(H,12,14). The molecule has 0 saturated carbocycles. The van der Waals surface area contributed by atoms with E-state index in [2.05, 4.69) is 17.1 Å². The summed E-state index contributed by atoms with van der Waals surface area (Å²) in [6, 6.07) is 0.114. The van der Waals surface area contributed by atoms with Crippen molar-refractivity contribution in [2.75, 3.05) is 6.61 Å². The summed E-state index contributed by atoms with van der Waals surface area (Å²) < 4.78 is 7.29. The summed E-state index contributed by atoms with van der Waals surface area (Å²) >= 11 is 0. The molecule has 2 heterocycles. The van der Waals surface area contributed by atoms with E-state index in [1.165, 1.54) is 0 Å². The number of aromatic nitrogens is 3. The third-order valence-electron chi connectivity index (χ3n) is 2.89. The Morgan fingerprint density at radius 2 is 2.33 bits per heavy atom. The normalized spacial score (nSPS) is 26.4. The Morgan fingerprint density at radius 1 is 1.60 bits per heavy atom. The number of rotatable bonds is 2. The Kier molecular flexibility index (Phi) is 2.65. The molecule has 0 aliphatic carbocycles. The molecule has 5 heteroatoms. The average Bonchev–Trinajstić information content (AvgIpc) is 2.71. The Labute approximate surface area is 88.4 Å². The van der Waals surface area contributed by atoms with Gasteiger partial charge in [0.05, 0.1) is 0 Å². The summed E-state index contributed by atoms with van der Waals surface area (Å²) in [5, 5.41) is 6.56. The number of nitrogens with one attached hydrogen (secondary N) is 1. The average molecular weight is 211 g/mol. The van der Waals surface area contributed by atoms with E-state index in [-0.39, 0.29) is 17.8 Å². The highest BCUT2D eigenvalue weighted by atomic mass is 16.5. The first-order valence-electron chi connectivity index (χ1n) is 5.39. The van der Waals surface area contributed by atoms with Crippen molar-refractivity contribution < 1.29 is 4.74 Å². The van der Waals surface area contributed by atoms with E-state index < -0.39 is 0 Å². The summed E-state index contributed by atoms with van der Waals surface area (Å²) in [6.45, 7) is 6.83. The molecule has 2 rings (SSSR count). The van der Waals surface area contributed by atoms with E-state index in [1.807, 2.05) is 13.8 Å². The second-order valence-corrected chi connectivity index (χ2v) is 4.41. The minimum atomic E-state index is -0.150. The quantitative estimate of drug-likeness (QED) is 0.800. The number of aromatic amines is 1. The zero-order chi connectivity index (χ0) is 11.0. The first kappa shape index (κ1) is 10.4. The van der Waals surface area contributed by atoms with Gasteiger partial charge in [-0.05, 0) is 26.2 Å². The van der Waals surface area contributed by atoms with Crippen LogP contribution in [0.3, 0.4) is 0 Å². The summed E-state index contributed by atoms with van der Waals surface area (Å²) in [5.41, 5.74) is -0.150. The topological polar surface area (TPSA) is 59.9 Å². The second-order valence-electron chi connectivity index (χ2n) is 4.41. The molecule has 1 fully saturated rings. The molecule has 0 bridgehead atoms. The predicted molar refractivity (Wildman–Crippen MR) is 55.7 cm³/mol. The fraction of sp³-hybridized carbons (Fsp3) is 0.800. The molecule has 1 aliphatic rings. The van der Waals surface area contributed by atoms with Gasteiger partial charge in [0.2, 0.25) is 0 Å². The van der Waals surface area contributed by atoms with E-state index in [4.69, 9.17) is 4.74 Å². The van der Waals surface area contributed by atoms with Crippen molar-refractivity contribution in [1.82, 2.24) is 14.8 Å². The first-order chi connectivity index (χ1) is 7.11. The maximum atomic E-state index is 11.5. The van der Waals surface area contributed by atoms with Crippen LogP contribution in [0.1, 0.15) is 45.2 Å². The van der Waals surface area contributed by atoms with Gasteiger partial charge in [0, 0.05) is 12.6 Å². The molecule has 84 valence electrons. The van der Waals surface area contributed by atoms with Crippen molar-refractivity contribution in [2.24, 2.45) is 5.92 Å². The number of ether oxygens (including phenoxy) is 1. The van der Waals surface area contributed by atoms with Crippen molar-refractivity contribution >= 4 is 0 Å². The third kappa shape index (κ3) is 1.71. The monoisotopic (exact) mass is 211 g/mol. The van der Waals surface area contributed by atoms with Gasteiger partial charge in [-0.2, -0.15) is 5.10 Å². The number of nitrogens with zero attached hydrogens (tertiary/aromatic N) is 2. The molecule has 1 saturated heterocycles. The summed E-state index contributed by atoms with van der Waals surface area (Å²) in [4.78, 5) is 11.5. The molecule has 5 nitrogen and oxygen atoms in total. The van der Waals surface area contributed by atoms with Gasteiger partial charge in [0.15, 0.2) is 5.82 Å². The van der Waals surface area contributed by atoms with Crippen LogP contribution in [-0.2, 0) is 4.74 Å². The van der Waals surface area contributed by atoms with Gasteiger partial charge in [-0.3, -0.25) is 4.57 Å². The molecule has 2 atom stereocenters. The Bertz CT molecular complexity index is 394. The molecule has 1 aliphatic heterocycles. The predicted octanol–water partition coefficient (Wildman–Crippen LogP) is 1.25. The van der Waals surface area contributed by atoms with Crippen LogP contribution in [-0.4, -0.2) is 21.4 Å². The highest BCUT2D eigenvalue weighted by molar-refractivity contribution is 4.97. The number of hydrogen-bond donors (Lipinski definition) is 1. The van der Waals surface area contributed by atoms with E-state index >= 15 is 0 Å². The lowest BCUT2D eigenvalue weighted by Crippen LogP contribution is -2.23. The molecule has 0 radical (unpaired) electrons. The van der Waals surface area contributed by atoms with Crippen molar-refractivity contribution in [2.45, 2.75) is 39.3 Å². The smallest absolute Gasteiger partial charge is 0.343 e. The van der Waals surface area contributed by atoms with Gasteiger partial charge in [-0.15, -0.1) is 0 Å². The minimum Gasteiger partial charge on any atom is -0.370 e. The molecular formula is C10H17N3O2. The zero-order valence-corrected chi connectivity index (χ0v) is 9.36. The molecule has 15 heavy (non-hydrogen) atoms. The fourth-order valence-electron chi connectivity index (χ4n) is 2.04. The Morgan fingerprint density at radius 3 is 2.87 bits per heavy atom. The van der Waals surface area contributed by atoms with Gasteiger partial charge in [0.1, 0.15) is 6.10 Å². The lowest BCUT2D eigenvalue weighted by Gasteiger charge is -2.16. The first-order valence-corrected chi connectivity index (χ1v) is 5.39. The van der Waals surface area contributed by atoms with Crippen molar-refractivity contribution in [3.8, 4) is 0 Å². The highest BCUT2D eigenvalue weighted by Crippen LogP contribution is 2.32. The lowest BCUT2D eigenvalue weighted by molar-refractivity contribution is 0.0828. The van der Waals surface area contributed by atoms with Crippen LogP contribution in [0.5, 0.6) is 0 Å². The minimum absolute atomic E-state index is 0.0358. The molecular weight excluding hydrogens is 194 g/mol. The van der Waals surface area contributed by atoms with Crippen LogP contribution >= 0.6 is 0 Å². The van der Waals surface area contributed by atoms with Crippen LogP contribution in [0.25, 0.3) is 0 Å². The van der Waals surface area contributed by atoms with Gasteiger partial charge >= 0.3 is 5.69 Å². The maximum Gasteiger partial charge on any atom is 0.343 e. The molecule has 1 aromatic rings. The Hall–Kier alpha value is -1.10.